The number of benzene rings is 3. The zero-order valence-corrected chi connectivity index (χ0v) is 22.1. The molecule has 40 heavy (non-hydrogen) atoms. The minimum Gasteiger partial charge on any atom is -0.497 e. The molecule has 1 aliphatic heterocycles. The zero-order valence-electron chi connectivity index (χ0n) is 22.1. The third-order valence-electron chi connectivity index (χ3n) is 9.00. The van der Waals surface area contributed by atoms with Crippen molar-refractivity contribution in [3.05, 3.63) is 96.6 Å². The maximum atomic E-state index is 13.8. The van der Waals surface area contributed by atoms with Crippen molar-refractivity contribution in [3.8, 4) is 17.2 Å². The van der Waals surface area contributed by atoms with Gasteiger partial charge in [0.25, 0.3) is 0 Å². The summed E-state index contributed by atoms with van der Waals surface area (Å²) in [4.78, 5) is 42.7. The molecule has 7 nitrogen and oxygen atoms in total. The lowest BCUT2D eigenvalue weighted by Crippen LogP contribution is -2.49. The number of rotatable bonds is 8. The number of hydrogen-bond donors (Lipinski definition) is 1. The van der Waals surface area contributed by atoms with Crippen molar-refractivity contribution in [1.29, 1.82) is 0 Å². The van der Waals surface area contributed by atoms with Crippen LogP contribution < -0.4 is 14.8 Å². The van der Waals surface area contributed by atoms with Crippen LogP contribution in [0.2, 0.25) is 0 Å². The predicted octanol–water partition coefficient (Wildman–Crippen LogP) is 5.09. The number of ether oxygens (including phenoxy) is 2. The third-order valence-corrected chi connectivity index (χ3v) is 9.00. The Morgan fingerprint density at radius 1 is 0.825 bits per heavy atom. The Kier molecular flexibility index (Phi) is 5.95. The second-order valence-corrected chi connectivity index (χ2v) is 11.2. The van der Waals surface area contributed by atoms with E-state index in [-0.39, 0.29) is 47.8 Å². The van der Waals surface area contributed by atoms with Crippen LogP contribution in [-0.2, 0) is 20.8 Å². The molecule has 8 rings (SSSR count). The number of nitrogens with one attached hydrogen (secondary N) is 1. The van der Waals surface area contributed by atoms with E-state index >= 15 is 0 Å². The van der Waals surface area contributed by atoms with Crippen LogP contribution in [0.15, 0.2) is 91.0 Å². The molecule has 3 aromatic carbocycles. The number of hydrogen-bond acceptors (Lipinski definition) is 5. The van der Waals surface area contributed by atoms with Crippen LogP contribution in [0.5, 0.6) is 17.2 Å². The smallest absolute Gasteiger partial charge is 0.248 e. The molecule has 0 aromatic heterocycles. The van der Waals surface area contributed by atoms with E-state index in [0.29, 0.717) is 29.0 Å². The van der Waals surface area contributed by atoms with Gasteiger partial charge in [-0.15, -0.1) is 0 Å². The quantitative estimate of drug-likeness (QED) is 0.322. The highest BCUT2D eigenvalue weighted by Gasteiger charge is 2.67. The first-order chi connectivity index (χ1) is 19.5. The van der Waals surface area contributed by atoms with E-state index in [1.54, 1.807) is 31.4 Å². The van der Waals surface area contributed by atoms with Gasteiger partial charge in [-0.2, -0.15) is 0 Å². The van der Waals surface area contributed by atoms with Crippen LogP contribution in [0.25, 0.3) is 0 Å². The summed E-state index contributed by atoms with van der Waals surface area (Å²) in [6, 6.07) is 22.9. The molecular weight excluding hydrogens is 504 g/mol. The third kappa shape index (κ3) is 4.17. The number of amides is 3. The minimum absolute atomic E-state index is 0.111. The molecule has 0 unspecified atom stereocenters. The van der Waals surface area contributed by atoms with E-state index in [0.717, 1.165) is 17.7 Å². The summed E-state index contributed by atoms with van der Waals surface area (Å²) in [5, 5.41) is 2.95. The van der Waals surface area contributed by atoms with Crippen LogP contribution in [0.1, 0.15) is 12.0 Å². The maximum Gasteiger partial charge on any atom is 0.248 e. The van der Waals surface area contributed by atoms with Crippen molar-refractivity contribution in [2.45, 2.75) is 18.9 Å². The fourth-order valence-corrected chi connectivity index (χ4v) is 7.04. The summed E-state index contributed by atoms with van der Waals surface area (Å²) >= 11 is 0. The second-order valence-electron chi connectivity index (χ2n) is 11.2. The first kappa shape index (κ1) is 24.6. The number of likely N-dealkylation sites (tertiary alicyclic amines) is 1. The molecule has 1 N–H and O–H groups in total. The van der Waals surface area contributed by atoms with Crippen molar-refractivity contribution in [2.24, 2.45) is 35.5 Å². The summed E-state index contributed by atoms with van der Waals surface area (Å²) < 4.78 is 11.1. The van der Waals surface area contributed by atoms with Crippen molar-refractivity contribution >= 4 is 23.4 Å². The SMILES string of the molecule is COc1ccc(Oc2ccc(NC(=O)[C@H](Cc3ccccc3)N3C(=O)[C@@H]4[C@H]5C=C[C@@H]([C@@H]6C[C@H]56)[C@H]4C3=O)cc2)cc1. The van der Waals surface area contributed by atoms with Crippen LogP contribution in [0.3, 0.4) is 0 Å². The molecule has 202 valence electrons. The van der Waals surface area contributed by atoms with Gasteiger partial charge in [-0.05, 0) is 84.2 Å². The maximum absolute atomic E-state index is 13.8. The Morgan fingerprint density at radius 2 is 1.38 bits per heavy atom. The Bertz CT molecular complexity index is 1450. The second kappa shape index (κ2) is 9.66. The van der Waals surface area contributed by atoms with Gasteiger partial charge in [-0.1, -0.05) is 42.5 Å². The number of anilines is 1. The van der Waals surface area contributed by atoms with Gasteiger partial charge in [-0.3, -0.25) is 19.3 Å². The average Bonchev–Trinajstić information content (AvgIpc) is 3.77. The lowest BCUT2D eigenvalue weighted by molar-refractivity contribution is -0.146. The summed E-state index contributed by atoms with van der Waals surface area (Å²) in [5.74, 6) is 1.80. The lowest BCUT2D eigenvalue weighted by atomic mass is 9.63. The first-order valence-corrected chi connectivity index (χ1v) is 13.8. The van der Waals surface area contributed by atoms with Gasteiger partial charge in [0.05, 0.1) is 18.9 Å². The molecule has 3 amide bonds. The van der Waals surface area contributed by atoms with Gasteiger partial charge in [0.2, 0.25) is 17.7 Å². The molecular formula is C33H30N2O5. The fraction of sp³-hybridized carbons (Fsp3) is 0.303. The molecule has 7 atom stereocenters. The molecule has 3 fully saturated rings. The Balaban J connectivity index is 1.11. The van der Waals surface area contributed by atoms with Gasteiger partial charge < -0.3 is 14.8 Å². The summed E-state index contributed by atoms with van der Waals surface area (Å²) in [6.07, 6.45) is 5.66. The molecule has 2 bridgehead atoms. The van der Waals surface area contributed by atoms with Crippen LogP contribution in [0.4, 0.5) is 5.69 Å². The van der Waals surface area contributed by atoms with Crippen molar-refractivity contribution in [1.82, 2.24) is 4.90 Å². The van der Waals surface area contributed by atoms with Gasteiger partial charge in [0.15, 0.2) is 0 Å². The van der Waals surface area contributed by atoms with Crippen molar-refractivity contribution in [3.63, 3.8) is 0 Å². The van der Waals surface area contributed by atoms with Gasteiger partial charge in [0, 0.05) is 12.1 Å². The topological polar surface area (TPSA) is 84.9 Å². The molecule has 7 heteroatoms. The summed E-state index contributed by atoms with van der Waals surface area (Å²) in [6.45, 7) is 0. The highest BCUT2D eigenvalue weighted by molar-refractivity contribution is 6.10. The molecule has 2 saturated carbocycles. The van der Waals surface area contributed by atoms with Crippen molar-refractivity contribution in [2.75, 3.05) is 12.4 Å². The molecule has 1 heterocycles. The largest absolute Gasteiger partial charge is 0.497 e. The fourth-order valence-electron chi connectivity index (χ4n) is 7.04. The summed E-state index contributed by atoms with van der Waals surface area (Å²) in [5.41, 5.74) is 1.45. The number of imide groups is 1. The van der Waals surface area contributed by atoms with Gasteiger partial charge >= 0.3 is 0 Å². The number of methoxy groups -OCH3 is 1. The van der Waals surface area contributed by atoms with Crippen LogP contribution >= 0.6 is 0 Å². The zero-order chi connectivity index (χ0) is 27.4. The monoisotopic (exact) mass is 534 g/mol. The van der Waals surface area contributed by atoms with Gasteiger partial charge in [-0.25, -0.2) is 0 Å². The van der Waals surface area contributed by atoms with E-state index in [1.807, 2.05) is 54.6 Å². The van der Waals surface area contributed by atoms with E-state index in [1.165, 1.54) is 4.90 Å². The minimum atomic E-state index is -0.932. The molecule has 5 aliphatic rings. The van der Waals surface area contributed by atoms with E-state index in [2.05, 4.69) is 17.5 Å². The van der Waals surface area contributed by atoms with E-state index in [9.17, 15) is 14.4 Å². The number of carbonyl (C=O) groups is 3. The van der Waals surface area contributed by atoms with Crippen LogP contribution in [-0.4, -0.2) is 35.8 Å². The average molecular weight is 535 g/mol. The highest BCUT2D eigenvalue weighted by Crippen LogP contribution is 2.65. The Labute approximate surface area is 232 Å². The predicted molar refractivity (Wildman–Crippen MR) is 149 cm³/mol. The highest BCUT2D eigenvalue weighted by atomic mass is 16.5. The first-order valence-electron chi connectivity index (χ1n) is 13.8. The molecule has 1 saturated heterocycles. The van der Waals surface area contributed by atoms with Crippen LogP contribution in [0, 0.1) is 35.5 Å². The van der Waals surface area contributed by atoms with E-state index < -0.39 is 6.04 Å². The molecule has 4 aliphatic carbocycles. The number of nitrogens with zero attached hydrogens (tertiary/aromatic N) is 1. The standard InChI is InChI=1S/C33H30N2O5/c1-39-21-11-13-23(14-12-21)40-22-9-7-20(8-10-22)34-31(36)28(17-19-5-3-2-4-6-19)35-32(37)29-24-15-16-25(27-18-26(24)27)30(29)33(35)38/h2-16,24-30H,17-18H2,1H3,(H,34,36)/t24-,25-,26-,27+,28-,29+,30+/m0/s1. The van der Waals surface area contributed by atoms with Gasteiger partial charge in [0.1, 0.15) is 23.3 Å². The van der Waals surface area contributed by atoms with Crippen molar-refractivity contribution < 1.29 is 23.9 Å². The van der Waals surface area contributed by atoms with E-state index in [4.69, 9.17) is 9.47 Å². The lowest BCUT2D eigenvalue weighted by Gasteiger charge is -2.37. The normalized spacial score (nSPS) is 28.1. The number of carbonyl (C=O) groups excluding carboxylic acids is 3. The molecule has 0 spiro atoms. The Morgan fingerprint density at radius 3 is 1.95 bits per heavy atom. The molecule has 3 aromatic rings. The number of allylic oxidation sites excluding steroid dienone is 2. The Hall–Kier alpha value is -4.39. The molecule has 0 radical (unpaired) electrons. The summed E-state index contributed by atoms with van der Waals surface area (Å²) in [7, 11) is 1.61.